The van der Waals surface area contributed by atoms with Gasteiger partial charge in [0.2, 0.25) is 12.0 Å². The predicted molar refractivity (Wildman–Crippen MR) is 83.5 cm³/mol. The van der Waals surface area contributed by atoms with Crippen LogP contribution in [0.15, 0.2) is 29.4 Å². The van der Waals surface area contributed by atoms with Crippen LogP contribution in [0.4, 0.5) is 0 Å². The fourth-order valence-corrected chi connectivity index (χ4v) is 2.04. The first-order valence-electron chi connectivity index (χ1n) is 7.44. The maximum atomic E-state index is 12.0. The molecule has 0 radical (unpaired) electrons. The normalized spacial score (nSPS) is 16.6. The Bertz CT molecular complexity index is 567. The minimum Gasteiger partial charge on any atom is -0.382 e. The topological polar surface area (TPSA) is 79.8 Å². The van der Waals surface area contributed by atoms with Crippen molar-refractivity contribution in [1.29, 1.82) is 0 Å². The van der Waals surface area contributed by atoms with Crippen molar-refractivity contribution in [3.05, 3.63) is 35.4 Å². The van der Waals surface area contributed by atoms with E-state index in [1.54, 1.807) is 0 Å². The number of nitrogens with zero attached hydrogens (tertiary/aromatic N) is 1. The second-order valence-electron chi connectivity index (χ2n) is 5.27. The molecule has 1 atom stereocenters. The van der Waals surface area contributed by atoms with Crippen molar-refractivity contribution in [3.63, 3.8) is 0 Å². The maximum absolute atomic E-state index is 12.0. The van der Waals surface area contributed by atoms with Gasteiger partial charge in [0.1, 0.15) is 0 Å². The SMILES string of the molecule is CCCNC(=O)CNC(=O)[C@@H]1CC(c2ccc(C)cc2)=NO1. The third kappa shape index (κ3) is 4.31. The molecule has 0 bridgehead atoms. The molecule has 0 unspecified atom stereocenters. The molecule has 1 heterocycles. The highest BCUT2D eigenvalue weighted by molar-refractivity contribution is 6.04. The number of carbonyl (C=O) groups excluding carboxylic acids is 2. The summed E-state index contributed by atoms with van der Waals surface area (Å²) in [7, 11) is 0. The summed E-state index contributed by atoms with van der Waals surface area (Å²) in [6.07, 6.45) is 0.597. The first kappa shape index (κ1) is 16.0. The highest BCUT2D eigenvalue weighted by Crippen LogP contribution is 2.17. The van der Waals surface area contributed by atoms with Gasteiger partial charge in [0.25, 0.3) is 5.91 Å². The van der Waals surface area contributed by atoms with Crippen molar-refractivity contribution in [2.75, 3.05) is 13.1 Å². The van der Waals surface area contributed by atoms with Crippen LogP contribution in [0.5, 0.6) is 0 Å². The van der Waals surface area contributed by atoms with Crippen LogP contribution in [-0.4, -0.2) is 36.7 Å². The van der Waals surface area contributed by atoms with Crippen LogP contribution in [-0.2, 0) is 14.4 Å². The van der Waals surface area contributed by atoms with E-state index in [0.717, 1.165) is 23.3 Å². The van der Waals surface area contributed by atoms with Crippen molar-refractivity contribution in [2.24, 2.45) is 5.16 Å². The van der Waals surface area contributed by atoms with Crippen LogP contribution in [0.1, 0.15) is 30.9 Å². The van der Waals surface area contributed by atoms with Crippen LogP contribution in [0.3, 0.4) is 0 Å². The predicted octanol–water partition coefficient (Wildman–Crippen LogP) is 1.13. The Kier molecular flexibility index (Phi) is 5.52. The van der Waals surface area contributed by atoms with Gasteiger partial charge in [0.05, 0.1) is 12.3 Å². The van der Waals surface area contributed by atoms with Gasteiger partial charge in [-0.15, -0.1) is 0 Å². The molecular weight excluding hydrogens is 282 g/mol. The zero-order chi connectivity index (χ0) is 15.9. The maximum Gasteiger partial charge on any atom is 0.264 e. The summed E-state index contributed by atoms with van der Waals surface area (Å²) < 4.78 is 0. The molecule has 1 aliphatic rings. The lowest BCUT2D eigenvalue weighted by Crippen LogP contribution is -2.41. The highest BCUT2D eigenvalue weighted by atomic mass is 16.6. The molecule has 2 rings (SSSR count). The quantitative estimate of drug-likeness (QED) is 0.827. The minimum atomic E-state index is -0.671. The summed E-state index contributed by atoms with van der Waals surface area (Å²) in [5.41, 5.74) is 2.85. The molecule has 2 N–H and O–H groups in total. The van der Waals surface area contributed by atoms with Gasteiger partial charge < -0.3 is 15.5 Å². The number of carbonyl (C=O) groups is 2. The highest BCUT2D eigenvalue weighted by Gasteiger charge is 2.28. The first-order chi connectivity index (χ1) is 10.6. The summed E-state index contributed by atoms with van der Waals surface area (Å²) in [6, 6.07) is 7.89. The zero-order valence-electron chi connectivity index (χ0n) is 12.9. The van der Waals surface area contributed by atoms with E-state index >= 15 is 0 Å². The molecule has 118 valence electrons. The molecule has 1 aromatic rings. The van der Waals surface area contributed by atoms with Gasteiger partial charge in [0, 0.05) is 13.0 Å². The third-order valence-corrected chi connectivity index (χ3v) is 3.34. The molecule has 0 spiro atoms. The summed E-state index contributed by atoms with van der Waals surface area (Å²) in [5.74, 6) is -0.523. The molecule has 6 nitrogen and oxygen atoms in total. The molecule has 0 aromatic heterocycles. The number of oxime groups is 1. The summed E-state index contributed by atoms with van der Waals surface area (Å²) in [5, 5.41) is 9.23. The van der Waals surface area contributed by atoms with Crippen molar-refractivity contribution in [3.8, 4) is 0 Å². The van der Waals surface area contributed by atoms with E-state index in [-0.39, 0.29) is 18.4 Å². The molecule has 1 aromatic carbocycles. The lowest BCUT2D eigenvalue weighted by Gasteiger charge is -2.09. The molecular formula is C16H21N3O3. The molecule has 22 heavy (non-hydrogen) atoms. The number of benzene rings is 1. The van der Waals surface area contributed by atoms with Crippen LogP contribution < -0.4 is 10.6 Å². The van der Waals surface area contributed by atoms with Gasteiger partial charge in [-0.1, -0.05) is 41.9 Å². The number of hydrogen-bond acceptors (Lipinski definition) is 4. The Morgan fingerprint density at radius 3 is 2.68 bits per heavy atom. The van der Waals surface area contributed by atoms with E-state index in [4.69, 9.17) is 4.84 Å². The lowest BCUT2D eigenvalue weighted by atomic mass is 10.0. The van der Waals surface area contributed by atoms with Gasteiger partial charge in [-0.05, 0) is 18.9 Å². The Morgan fingerprint density at radius 2 is 2.00 bits per heavy atom. The third-order valence-electron chi connectivity index (χ3n) is 3.34. The van der Waals surface area contributed by atoms with Crippen LogP contribution in [0.25, 0.3) is 0 Å². The standard InChI is InChI=1S/C16H21N3O3/c1-3-8-17-15(20)10-18-16(21)14-9-13(19-22-14)12-6-4-11(2)5-7-12/h4-7,14H,3,8-10H2,1-2H3,(H,17,20)(H,18,21)/t14-/m0/s1. The molecule has 2 amide bonds. The summed E-state index contributed by atoms with van der Waals surface area (Å²) in [6.45, 7) is 4.54. The van der Waals surface area contributed by atoms with Crippen molar-refractivity contribution >= 4 is 17.5 Å². The van der Waals surface area contributed by atoms with Crippen LogP contribution >= 0.6 is 0 Å². The molecule has 6 heteroatoms. The molecule has 0 fully saturated rings. The van der Waals surface area contributed by atoms with E-state index in [1.807, 2.05) is 38.1 Å². The number of amides is 2. The summed E-state index contributed by atoms with van der Waals surface area (Å²) >= 11 is 0. The molecule has 0 saturated heterocycles. The van der Waals surface area contributed by atoms with Gasteiger partial charge in [0.15, 0.2) is 0 Å². The van der Waals surface area contributed by atoms with Gasteiger partial charge >= 0.3 is 0 Å². The fraction of sp³-hybridized carbons (Fsp3) is 0.438. The van der Waals surface area contributed by atoms with Crippen molar-refractivity contribution < 1.29 is 14.4 Å². The Labute approximate surface area is 129 Å². The molecule has 1 aliphatic heterocycles. The average Bonchev–Trinajstić information content (AvgIpc) is 3.01. The lowest BCUT2D eigenvalue weighted by molar-refractivity contribution is -0.133. The number of hydrogen-bond donors (Lipinski definition) is 2. The Hall–Kier alpha value is -2.37. The van der Waals surface area contributed by atoms with E-state index in [1.165, 1.54) is 0 Å². The van der Waals surface area contributed by atoms with E-state index < -0.39 is 6.10 Å². The number of rotatable bonds is 6. The van der Waals surface area contributed by atoms with Gasteiger partial charge in [-0.25, -0.2) is 0 Å². The number of aryl methyl sites for hydroxylation is 1. The van der Waals surface area contributed by atoms with Crippen molar-refractivity contribution in [1.82, 2.24) is 10.6 Å². The minimum absolute atomic E-state index is 0.0431. The fourth-order valence-electron chi connectivity index (χ4n) is 2.04. The van der Waals surface area contributed by atoms with Crippen molar-refractivity contribution in [2.45, 2.75) is 32.8 Å². The molecule has 0 aliphatic carbocycles. The average molecular weight is 303 g/mol. The van der Waals surface area contributed by atoms with Crippen LogP contribution in [0.2, 0.25) is 0 Å². The summed E-state index contributed by atoms with van der Waals surface area (Å²) in [4.78, 5) is 28.6. The largest absolute Gasteiger partial charge is 0.382 e. The van der Waals surface area contributed by atoms with E-state index in [2.05, 4.69) is 15.8 Å². The monoisotopic (exact) mass is 303 g/mol. The van der Waals surface area contributed by atoms with Gasteiger partial charge in [-0.3, -0.25) is 9.59 Å². The zero-order valence-corrected chi connectivity index (χ0v) is 12.9. The molecule has 0 saturated carbocycles. The second kappa shape index (κ2) is 7.59. The second-order valence-corrected chi connectivity index (χ2v) is 5.27. The Morgan fingerprint density at radius 1 is 1.27 bits per heavy atom. The first-order valence-corrected chi connectivity index (χ1v) is 7.44. The Balaban J connectivity index is 1.80. The smallest absolute Gasteiger partial charge is 0.264 e. The van der Waals surface area contributed by atoms with Crippen LogP contribution in [0, 0.1) is 6.92 Å². The van der Waals surface area contributed by atoms with Gasteiger partial charge in [-0.2, -0.15) is 0 Å². The van der Waals surface area contributed by atoms with E-state index in [9.17, 15) is 9.59 Å². The number of nitrogens with one attached hydrogen (secondary N) is 2. The van der Waals surface area contributed by atoms with E-state index in [0.29, 0.717) is 13.0 Å².